The third kappa shape index (κ3) is 2.40. The van der Waals surface area contributed by atoms with Gasteiger partial charge in [0.1, 0.15) is 11.6 Å². The molecule has 1 rings (SSSR count). The molecule has 0 amide bonds. The molecule has 8 heteroatoms. The predicted molar refractivity (Wildman–Crippen MR) is 62.0 cm³/mol. The molecule has 0 aliphatic rings. The topological polar surface area (TPSA) is 117 Å². The lowest BCUT2D eigenvalue weighted by Gasteiger charge is -2.16. The zero-order valence-corrected chi connectivity index (χ0v) is 10.5. The predicted octanol–water partition coefficient (Wildman–Crippen LogP) is -1.76. The molecule has 0 spiro atoms. The Morgan fingerprint density at radius 1 is 1.37 bits per heavy atom. The van der Waals surface area contributed by atoms with Crippen LogP contribution in [0.5, 0.6) is 5.88 Å². The van der Waals surface area contributed by atoms with Gasteiger partial charge in [0.25, 0.3) is 5.56 Å². The van der Waals surface area contributed by atoms with Crippen molar-refractivity contribution in [2.45, 2.75) is 0 Å². The molecule has 100 valence electrons. The number of hydrogen-bond donors (Lipinski definition) is 0. The van der Waals surface area contributed by atoms with E-state index < -0.39 is 34.2 Å². The molecule has 0 saturated heterocycles. The Hall–Kier alpha value is -2.82. The van der Waals surface area contributed by atoms with E-state index in [9.17, 15) is 19.5 Å². The van der Waals surface area contributed by atoms with Gasteiger partial charge in [-0.25, -0.2) is 9.59 Å². The van der Waals surface area contributed by atoms with Crippen molar-refractivity contribution in [2.24, 2.45) is 14.1 Å². The number of aromatic nitrogens is 2. The van der Waals surface area contributed by atoms with Gasteiger partial charge in [-0.3, -0.25) is 9.36 Å². The number of hydrogen-bond acceptors (Lipinski definition) is 6. The second kappa shape index (κ2) is 5.22. The summed E-state index contributed by atoms with van der Waals surface area (Å²) in [5.74, 6) is -1.86. The number of esters is 1. The summed E-state index contributed by atoms with van der Waals surface area (Å²) in [6.45, 7) is 0. The van der Waals surface area contributed by atoms with E-state index >= 15 is 0 Å². The molecule has 0 aliphatic carbocycles. The summed E-state index contributed by atoms with van der Waals surface area (Å²) in [4.78, 5) is 34.4. The lowest BCUT2D eigenvalue weighted by Crippen LogP contribution is -2.39. The van der Waals surface area contributed by atoms with Gasteiger partial charge in [-0.1, -0.05) is 0 Å². The molecule has 0 radical (unpaired) electrons. The Kier molecular flexibility index (Phi) is 3.91. The molecule has 0 saturated carbocycles. The fourth-order valence-corrected chi connectivity index (χ4v) is 1.37. The van der Waals surface area contributed by atoms with Crippen LogP contribution in [-0.2, 0) is 23.6 Å². The van der Waals surface area contributed by atoms with Gasteiger partial charge in [0.15, 0.2) is 0 Å². The highest BCUT2D eigenvalue weighted by Crippen LogP contribution is 2.10. The van der Waals surface area contributed by atoms with E-state index in [1.54, 1.807) is 0 Å². The van der Waals surface area contributed by atoms with Crippen LogP contribution < -0.4 is 16.4 Å². The average Bonchev–Trinajstić information content (AvgIpc) is 2.42. The minimum absolute atomic E-state index is 0.452. The first-order chi connectivity index (χ1) is 8.84. The maximum atomic E-state index is 11.8. The Morgan fingerprint density at radius 2 is 1.95 bits per heavy atom. The average molecular weight is 264 g/mol. The highest BCUT2D eigenvalue weighted by molar-refractivity contribution is 5.97. The lowest BCUT2D eigenvalue weighted by molar-refractivity contribution is -0.280. The van der Waals surface area contributed by atoms with Crippen molar-refractivity contribution in [3.05, 3.63) is 32.0 Å². The summed E-state index contributed by atoms with van der Waals surface area (Å²) in [7, 11) is 3.43. The van der Waals surface area contributed by atoms with Crippen LogP contribution in [0.15, 0.2) is 15.2 Å². The van der Waals surface area contributed by atoms with E-state index in [1.165, 1.54) is 20.2 Å². The van der Waals surface area contributed by atoms with Gasteiger partial charge in [-0.2, -0.15) is 5.26 Å². The van der Waals surface area contributed by atoms with Crippen molar-refractivity contribution >= 4 is 12.0 Å². The lowest BCUT2D eigenvalue weighted by atomic mass is 10.2. The summed E-state index contributed by atoms with van der Waals surface area (Å²) in [6, 6.07) is 1.52. The second-order valence-corrected chi connectivity index (χ2v) is 3.59. The maximum Gasteiger partial charge on any atom is 0.348 e. The molecule has 1 heterocycles. The van der Waals surface area contributed by atoms with Crippen molar-refractivity contribution in [1.82, 2.24) is 9.13 Å². The quantitative estimate of drug-likeness (QED) is 0.354. The van der Waals surface area contributed by atoms with Crippen molar-refractivity contribution < 1.29 is 14.6 Å². The van der Waals surface area contributed by atoms with Gasteiger partial charge < -0.3 is 14.4 Å². The van der Waals surface area contributed by atoms with Crippen LogP contribution in [0.3, 0.4) is 0 Å². The van der Waals surface area contributed by atoms with E-state index in [-0.39, 0.29) is 0 Å². The zero-order chi connectivity index (χ0) is 14.7. The molecule has 0 N–H and O–H groups in total. The van der Waals surface area contributed by atoms with Crippen LogP contribution in [0, 0.1) is 11.3 Å². The van der Waals surface area contributed by atoms with Crippen molar-refractivity contribution in [3.8, 4) is 11.9 Å². The molecule has 0 atom stereocenters. The number of carbonyl (C=O) groups excluding carboxylic acids is 1. The molecule has 0 unspecified atom stereocenters. The van der Waals surface area contributed by atoms with Gasteiger partial charge in [0, 0.05) is 14.1 Å². The molecule has 0 bridgehead atoms. The Balaban J connectivity index is 3.68. The molecular weight excluding hydrogens is 254 g/mol. The SMILES string of the molecule is COC(=O)C(C#N)=Cc1c([O-])n(C)c(=O)n(C)c1=O. The van der Waals surface area contributed by atoms with E-state index in [4.69, 9.17) is 5.26 Å². The molecule has 0 aliphatic heterocycles. The van der Waals surface area contributed by atoms with Gasteiger partial charge in [0.2, 0.25) is 0 Å². The molecule has 1 aromatic rings. The van der Waals surface area contributed by atoms with E-state index in [0.717, 1.165) is 13.2 Å². The first-order valence-corrected chi connectivity index (χ1v) is 5.02. The minimum Gasteiger partial charge on any atom is -0.859 e. The van der Waals surface area contributed by atoms with Gasteiger partial charge in [0.05, 0.1) is 12.7 Å². The van der Waals surface area contributed by atoms with Crippen molar-refractivity contribution in [3.63, 3.8) is 0 Å². The summed E-state index contributed by atoms with van der Waals surface area (Å²) < 4.78 is 5.75. The number of carbonyl (C=O) groups is 1. The number of ether oxygens (including phenoxy) is 1. The molecule has 0 aromatic carbocycles. The summed E-state index contributed by atoms with van der Waals surface area (Å²) >= 11 is 0. The largest absolute Gasteiger partial charge is 0.859 e. The standard InChI is InChI=1S/C11H11N3O5/c1-13-8(15)7(9(16)14(2)11(13)18)4-6(5-12)10(17)19-3/h4,15H,1-3H3/p-1. The van der Waals surface area contributed by atoms with Crippen LogP contribution in [0.25, 0.3) is 6.08 Å². The summed E-state index contributed by atoms with van der Waals surface area (Å²) in [6.07, 6.45) is 0.815. The number of rotatable bonds is 2. The van der Waals surface area contributed by atoms with Crippen molar-refractivity contribution in [2.75, 3.05) is 7.11 Å². The van der Waals surface area contributed by atoms with Crippen LogP contribution in [0.1, 0.15) is 5.56 Å². The van der Waals surface area contributed by atoms with Gasteiger partial charge in [-0.05, 0) is 12.0 Å². The first kappa shape index (κ1) is 14.2. The van der Waals surface area contributed by atoms with Crippen LogP contribution in [0.2, 0.25) is 0 Å². The highest BCUT2D eigenvalue weighted by Gasteiger charge is 2.13. The third-order valence-electron chi connectivity index (χ3n) is 2.46. The smallest absolute Gasteiger partial charge is 0.348 e. The van der Waals surface area contributed by atoms with E-state index in [2.05, 4.69) is 4.74 Å². The Labute approximate surface area is 107 Å². The molecule has 8 nitrogen and oxygen atoms in total. The molecule has 19 heavy (non-hydrogen) atoms. The van der Waals surface area contributed by atoms with Crippen LogP contribution in [-0.4, -0.2) is 22.2 Å². The maximum absolute atomic E-state index is 11.8. The molecule has 1 aromatic heterocycles. The summed E-state index contributed by atoms with van der Waals surface area (Å²) in [5, 5.41) is 20.5. The summed E-state index contributed by atoms with van der Waals surface area (Å²) in [5.41, 5.74) is -2.63. The number of methoxy groups -OCH3 is 1. The third-order valence-corrected chi connectivity index (χ3v) is 2.46. The zero-order valence-electron chi connectivity index (χ0n) is 10.5. The number of nitriles is 1. The fraction of sp³-hybridized carbons (Fsp3) is 0.273. The van der Waals surface area contributed by atoms with E-state index in [0.29, 0.717) is 9.13 Å². The monoisotopic (exact) mass is 264 g/mol. The second-order valence-electron chi connectivity index (χ2n) is 3.59. The highest BCUT2D eigenvalue weighted by atomic mass is 16.5. The molecule has 0 fully saturated rings. The van der Waals surface area contributed by atoms with Crippen LogP contribution >= 0.6 is 0 Å². The fourth-order valence-electron chi connectivity index (χ4n) is 1.37. The van der Waals surface area contributed by atoms with Gasteiger partial charge in [-0.15, -0.1) is 0 Å². The Morgan fingerprint density at radius 3 is 2.42 bits per heavy atom. The van der Waals surface area contributed by atoms with Gasteiger partial charge >= 0.3 is 11.7 Å². The van der Waals surface area contributed by atoms with Crippen LogP contribution in [0.4, 0.5) is 0 Å². The Bertz CT molecular complexity index is 718. The van der Waals surface area contributed by atoms with Crippen molar-refractivity contribution in [1.29, 1.82) is 5.26 Å². The minimum atomic E-state index is -0.974. The normalized spacial score (nSPS) is 10.9. The van der Waals surface area contributed by atoms with E-state index in [1.807, 2.05) is 0 Å². The number of nitrogens with zero attached hydrogens (tertiary/aromatic N) is 3. The molecular formula is C11H10N3O5-. The first-order valence-electron chi connectivity index (χ1n) is 5.02.